The number of aromatic nitrogens is 1. The highest BCUT2D eigenvalue weighted by Crippen LogP contribution is 2.25. The van der Waals surface area contributed by atoms with E-state index in [1.807, 2.05) is 18.2 Å². The molecule has 0 radical (unpaired) electrons. The maximum atomic E-state index is 8.81. The van der Waals surface area contributed by atoms with Crippen molar-refractivity contribution in [3.8, 4) is 6.07 Å². The molecular formula is C13H12N4S. The van der Waals surface area contributed by atoms with Crippen LogP contribution in [-0.2, 0) is 12.2 Å². The lowest BCUT2D eigenvalue weighted by Gasteiger charge is -2.08. The van der Waals surface area contributed by atoms with Gasteiger partial charge in [0.15, 0.2) is 5.17 Å². The van der Waals surface area contributed by atoms with Gasteiger partial charge in [0.25, 0.3) is 0 Å². The van der Waals surface area contributed by atoms with E-state index in [0.29, 0.717) is 12.2 Å². The van der Waals surface area contributed by atoms with Gasteiger partial charge < -0.3 is 5.73 Å². The summed E-state index contributed by atoms with van der Waals surface area (Å²) in [6, 6.07) is 8.03. The Hall–Kier alpha value is -2.06. The first-order valence-corrected chi connectivity index (χ1v) is 6.39. The molecule has 4 nitrogen and oxygen atoms in total. The Morgan fingerprint density at radius 1 is 1.33 bits per heavy atom. The second-order valence-electron chi connectivity index (χ2n) is 3.79. The summed E-state index contributed by atoms with van der Waals surface area (Å²) < 4.78 is 0. The van der Waals surface area contributed by atoms with Crippen molar-refractivity contribution in [2.45, 2.75) is 12.2 Å². The predicted molar refractivity (Wildman–Crippen MR) is 74.3 cm³/mol. The first-order chi connectivity index (χ1) is 8.72. The van der Waals surface area contributed by atoms with E-state index in [-0.39, 0.29) is 5.17 Å². The van der Waals surface area contributed by atoms with E-state index in [2.05, 4.69) is 11.1 Å². The van der Waals surface area contributed by atoms with E-state index in [4.69, 9.17) is 16.4 Å². The molecule has 0 bridgehead atoms. The normalized spacial score (nSPS) is 10.2. The third kappa shape index (κ3) is 2.60. The number of nitriles is 1. The highest BCUT2D eigenvalue weighted by molar-refractivity contribution is 8.13. The number of thioether (sulfide) groups is 1. The quantitative estimate of drug-likeness (QED) is 0.652. The first-order valence-electron chi connectivity index (χ1n) is 5.40. The van der Waals surface area contributed by atoms with E-state index in [0.717, 1.165) is 21.9 Å². The highest BCUT2D eigenvalue weighted by Gasteiger charge is 2.06. The zero-order chi connectivity index (χ0) is 13.0. The monoisotopic (exact) mass is 256 g/mol. The van der Waals surface area contributed by atoms with Gasteiger partial charge in [0, 0.05) is 23.5 Å². The maximum Gasteiger partial charge on any atom is 0.151 e. The number of hydrogen-bond donors (Lipinski definition) is 2. The number of amidine groups is 1. The van der Waals surface area contributed by atoms with Gasteiger partial charge in [-0.3, -0.25) is 10.4 Å². The average molecular weight is 256 g/mol. The maximum absolute atomic E-state index is 8.81. The van der Waals surface area contributed by atoms with E-state index >= 15 is 0 Å². The Morgan fingerprint density at radius 3 is 2.83 bits per heavy atom. The molecule has 0 aliphatic rings. The van der Waals surface area contributed by atoms with Crippen molar-refractivity contribution in [2.75, 3.05) is 0 Å². The molecule has 0 fully saturated rings. The van der Waals surface area contributed by atoms with E-state index < -0.39 is 0 Å². The van der Waals surface area contributed by atoms with Gasteiger partial charge in [-0.2, -0.15) is 5.26 Å². The Labute approximate surface area is 109 Å². The van der Waals surface area contributed by atoms with Crippen molar-refractivity contribution in [3.05, 3.63) is 41.7 Å². The molecule has 0 saturated heterocycles. The summed E-state index contributed by atoms with van der Waals surface area (Å²) in [4.78, 5) is 4.11. The van der Waals surface area contributed by atoms with Gasteiger partial charge >= 0.3 is 0 Å². The molecule has 18 heavy (non-hydrogen) atoms. The molecule has 1 heterocycles. The van der Waals surface area contributed by atoms with Crippen LogP contribution in [0.3, 0.4) is 0 Å². The Bertz CT molecular complexity index is 630. The smallest absolute Gasteiger partial charge is 0.151 e. The molecule has 2 rings (SSSR count). The minimum Gasteiger partial charge on any atom is -0.379 e. The number of nitrogens with zero attached hydrogens (tertiary/aromatic N) is 2. The number of nitrogens with two attached hydrogens (primary N) is 1. The zero-order valence-electron chi connectivity index (χ0n) is 9.68. The molecule has 0 spiro atoms. The minimum absolute atomic E-state index is 0.110. The van der Waals surface area contributed by atoms with Gasteiger partial charge in [0.05, 0.1) is 12.5 Å². The van der Waals surface area contributed by atoms with Crippen LogP contribution in [0.25, 0.3) is 10.8 Å². The van der Waals surface area contributed by atoms with E-state index in [9.17, 15) is 0 Å². The fourth-order valence-electron chi connectivity index (χ4n) is 1.83. The standard InChI is InChI=1S/C13H12N4S/c14-5-3-9-1-2-10(8-18-13(15)16)11-4-6-17-7-12(9)11/h1-2,4,6-7H,3,8H2,(H3,15,16). The van der Waals surface area contributed by atoms with Gasteiger partial charge in [-0.1, -0.05) is 23.9 Å². The zero-order valence-corrected chi connectivity index (χ0v) is 10.5. The van der Waals surface area contributed by atoms with Gasteiger partial charge in [-0.25, -0.2) is 0 Å². The molecule has 90 valence electrons. The lowest BCUT2D eigenvalue weighted by Crippen LogP contribution is -2.04. The number of nitrogens with one attached hydrogen (secondary N) is 1. The lowest BCUT2D eigenvalue weighted by atomic mass is 10.0. The van der Waals surface area contributed by atoms with Crippen LogP contribution in [0.5, 0.6) is 0 Å². The SMILES string of the molecule is N#CCc1ccc(CSC(=N)N)c2ccncc12. The number of pyridine rings is 1. The van der Waals surface area contributed by atoms with Gasteiger partial charge in [0.2, 0.25) is 0 Å². The average Bonchev–Trinajstić information content (AvgIpc) is 2.38. The van der Waals surface area contributed by atoms with Crippen LogP contribution < -0.4 is 5.73 Å². The number of fused-ring (bicyclic) bond motifs is 1. The Morgan fingerprint density at radius 2 is 2.11 bits per heavy atom. The molecule has 0 atom stereocenters. The molecule has 0 aliphatic carbocycles. The molecular weight excluding hydrogens is 244 g/mol. The van der Waals surface area contributed by atoms with Crippen molar-refractivity contribution in [3.63, 3.8) is 0 Å². The largest absolute Gasteiger partial charge is 0.379 e. The van der Waals surface area contributed by atoms with Crippen LogP contribution >= 0.6 is 11.8 Å². The summed E-state index contributed by atoms with van der Waals surface area (Å²) in [5, 5.41) is 18.2. The van der Waals surface area contributed by atoms with Crippen molar-refractivity contribution < 1.29 is 0 Å². The molecule has 0 saturated carbocycles. The third-order valence-electron chi connectivity index (χ3n) is 2.65. The van der Waals surface area contributed by atoms with Crippen LogP contribution in [0.1, 0.15) is 11.1 Å². The number of benzene rings is 1. The molecule has 0 unspecified atom stereocenters. The summed E-state index contributed by atoms with van der Waals surface area (Å²) >= 11 is 1.29. The third-order valence-corrected chi connectivity index (χ3v) is 3.42. The molecule has 5 heteroatoms. The minimum atomic E-state index is 0.110. The Balaban J connectivity index is 2.47. The predicted octanol–water partition coefficient (Wildman–Crippen LogP) is 2.43. The molecule has 2 aromatic rings. The fourth-order valence-corrected chi connectivity index (χ4v) is 2.39. The van der Waals surface area contributed by atoms with Crippen LogP contribution in [0.15, 0.2) is 30.6 Å². The van der Waals surface area contributed by atoms with Crippen LogP contribution in [0.2, 0.25) is 0 Å². The van der Waals surface area contributed by atoms with E-state index in [1.54, 1.807) is 12.4 Å². The number of hydrogen-bond acceptors (Lipinski definition) is 4. The summed E-state index contributed by atoms with van der Waals surface area (Å²) in [5.41, 5.74) is 7.44. The molecule has 1 aromatic heterocycles. The molecule has 1 aromatic carbocycles. The van der Waals surface area contributed by atoms with Crippen molar-refractivity contribution in [1.29, 1.82) is 10.7 Å². The fraction of sp³-hybridized carbons (Fsp3) is 0.154. The molecule has 3 N–H and O–H groups in total. The summed E-state index contributed by atoms with van der Waals surface area (Å²) in [6.07, 6.45) is 3.90. The van der Waals surface area contributed by atoms with Crippen molar-refractivity contribution >= 4 is 27.7 Å². The van der Waals surface area contributed by atoms with Crippen LogP contribution in [0, 0.1) is 16.7 Å². The lowest BCUT2D eigenvalue weighted by molar-refractivity contribution is 1.26. The van der Waals surface area contributed by atoms with E-state index in [1.165, 1.54) is 11.8 Å². The molecule has 0 aliphatic heterocycles. The second kappa shape index (κ2) is 5.52. The van der Waals surface area contributed by atoms with Crippen molar-refractivity contribution in [1.82, 2.24) is 4.98 Å². The Kier molecular flexibility index (Phi) is 3.80. The molecule has 0 amide bonds. The van der Waals surface area contributed by atoms with Crippen LogP contribution in [-0.4, -0.2) is 10.2 Å². The second-order valence-corrected chi connectivity index (χ2v) is 4.81. The topological polar surface area (TPSA) is 86.5 Å². The van der Waals surface area contributed by atoms with Gasteiger partial charge in [-0.15, -0.1) is 0 Å². The number of rotatable bonds is 3. The summed E-state index contributed by atoms with van der Waals surface area (Å²) in [5.74, 6) is 0.655. The van der Waals surface area contributed by atoms with Crippen molar-refractivity contribution in [2.24, 2.45) is 5.73 Å². The highest BCUT2D eigenvalue weighted by atomic mass is 32.2. The van der Waals surface area contributed by atoms with Crippen LogP contribution in [0.4, 0.5) is 0 Å². The summed E-state index contributed by atoms with van der Waals surface area (Å²) in [7, 11) is 0. The summed E-state index contributed by atoms with van der Waals surface area (Å²) in [6.45, 7) is 0. The van der Waals surface area contributed by atoms with Gasteiger partial charge in [-0.05, 0) is 22.6 Å². The van der Waals surface area contributed by atoms with Gasteiger partial charge in [0.1, 0.15) is 0 Å². The first kappa shape index (κ1) is 12.4.